The van der Waals surface area contributed by atoms with Crippen LogP contribution < -0.4 is 0 Å². The molecule has 8 aliphatic carbocycles. The fourth-order valence-corrected chi connectivity index (χ4v) is 17.1. The molecule has 8 bridgehead atoms. The standard InChI is InChI=1S/C26H24N2O6.C26H24N2O4.2C4H8O.2C4H8/c29-23-15-11-5-12(20-19(11)33-20)16(15)24(30)27(23)7-9-2-1-3-10(4-9)8-28-25(31)17-13-6-14(18(17)26(28)32)22-21(13)34-22;29-23-19-15-4-5-16(9-15)20(19)24(30)27(23)11-13-2-1-3-14(8-13)12-28-25(31)21-17-6-7-18(10-17)22(21)26(28)32;2*1-2-4-3-5-4;2*1-3-4-2/h1-4,11-22H,5-8H2;1-8,15-22H,9-12H2;2*4H,2-3H2,1H3;2*3H,1,4H2,2H3. The predicted molar refractivity (Wildman–Crippen MR) is 306 cm³/mol. The van der Waals surface area contributed by atoms with Crippen LogP contribution in [0.25, 0.3) is 0 Å². The summed E-state index contributed by atoms with van der Waals surface area (Å²) in [6, 6.07) is 15.2. The van der Waals surface area contributed by atoms with Gasteiger partial charge in [-0.1, -0.05) is 113 Å². The van der Waals surface area contributed by atoms with Gasteiger partial charge in [0.1, 0.15) is 0 Å². The van der Waals surface area contributed by atoms with E-state index in [0.29, 0.717) is 12.2 Å². The van der Waals surface area contributed by atoms with Crippen LogP contribution in [-0.4, -0.2) is 117 Å². The normalized spacial score (nSPS) is 40.4. The van der Waals surface area contributed by atoms with Crippen LogP contribution in [0.3, 0.4) is 0 Å². The Bertz CT molecular complexity index is 2790. The summed E-state index contributed by atoms with van der Waals surface area (Å²) < 4.78 is 21.1. The van der Waals surface area contributed by atoms with E-state index in [1.807, 2.05) is 60.7 Å². The van der Waals surface area contributed by atoms with Crippen molar-refractivity contribution in [3.63, 3.8) is 0 Å². The molecule has 22 unspecified atom stereocenters. The molecule has 22 atom stereocenters. The van der Waals surface area contributed by atoms with Crippen LogP contribution in [-0.2, 0) is 83.5 Å². The van der Waals surface area contributed by atoms with E-state index in [-0.39, 0.29) is 193 Å². The predicted octanol–water partition coefficient (Wildman–Crippen LogP) is 7.78. The highest BCUT2D eigenvalue weighted by Gasteiger charge is 2.75. The summed E-state index contributed by atoms with van der Waals surface area (Å²) in [4.78, 5) is 110. The molecule has 8 amide bonds. The lowest BCUT2D eigenvalue weighted by atomic mass is 9.81. The highest BCUT2D eigenvalue weighted by molar-refractivity contribution is 6.08. The largest absolute Gasteiger partial charge is 0.373 e. The molecule has 0 aromatic heterocycles. The average Bonchev–Trinajstić information content (AvgIpc) is 1.57. The molecule has 6 saturated carbocycles. The Morgan fingerprint density at radius 3 is 0.845 bits per heavy atom. The molecule has 0 spiro atoms. The fourth-order valence-electron chi connectivity index (χ4n) is 17.1. The van der Waals surface area contributed by atoms with Gasteiger partial charge in [0.15, 0.2) is 0 Å². The Morgan fingerprint density at radius 2 is 0.643 bits per heavy atom. The molecule has 16 heteroatoms. The van der Waals surface area contributed by atoms with Crippen molar-refractivity contribution in [1.82, 2.24) is 19.6 Å². The minimum absolute atomic E-state index is 0.0528. The van der Waals surface area contributed by atoms with Gasteiger partial charge in [0.2, 0.25) is 47.3 Å². The molecular formula is C68H80N4O12. The number of hydrogen-bond donors (Lipinski definition) is 0. The fraction of sp³-hybridized carbons (Fsp3) is 0.588. The average molecular weight is 1150 g/mol. The first-order chi connectivity index (χ1) is 40.7. The van der Waals surface area contributed by atoms with Gasteiger partial charge < -0.3 is 18.9 Å². The molecule has 14 fully saturated rings. The Balaban J connectivity index is 0.000000122. The second-order valence-electron chi connectivity index (χ2n) is 26.2. The van der Waals surface area contributed by atoms with Gasteiger partial charge in [-0.3, -0.25) is 58.0 Å². The zero-order valence-electron chi connectivity index (χ0n) is 48.8. The van der Waals surface area contributed by atoms with Crippen molar-refractivity contribution in [2.45, 2.75) is 142 Å². The minimum Gasteiger partial charge on any atom is -0.373 e. The highest BCUT2D eigenvalue weighted by atomic mass is 16.6. The van der Waals surface area contributed by atoms with Gasteiger partial charge in [-0.15, -0.1) is 13.2 Å². The van der Waals surface area contributed by atoms with Crippen molar-refractivity contribution in [3.8, 4) is 0 Å². The van der Waals surface area contributed by atoms with Gasteiger partial charge in [0, 0.05) is 23.7 Å². The van der Waals surface area contributed by atoms with Crippen molar-refractivity contribution in [1.29, 1.82) is 0 Å². The number of likely N-dealkylation sites (tertiary alicyclic amines) is 4. The summed E-state index contributed by atoms with van der Waals surface area (Å²) in [5, 5.41) is 0. The first kappa shape index (κ1) is 56.9. The van der Waals surface area contributed by atoms with Gasteiger partial charge in [-0.25, -0.2) is 0 Å². The molecule has 8 aliphatic heterocycles. The van der Waals surface area contributed by atoms with Crippen molar-refractivity contribution < 1.29 is 57.3 Å². The van der Waals surface area contributed by atoms with Crippen molar-refractivity contribution >= 4 is 47.3 Å². The Kier molecular flexibility index (Phi) is 15.3. The number of carbonyl (C=O) groups excluding carboxylic acids is 8. The third-order valence-corrected chi connectivity index (χ3v) is 21.5. The van der Waals surface area contributed by atoms with Gasteiger partial charge in [-0.2, -0.15) is 0 Å². The van der Waals surface area contributed by atoms with E-state index in [1.165, 1.54) is 32.4 Å². The second kappa shape index (κ2) is 22.6. The van der Waals surface area contributed by atoms with E-state index in [1.54, 1.807) is 0 Å². The maximum absolute atomic E-state index is 13.2. The second-order valence-corrected chi connectivity index (χ2v) is 26.2. The number of imide groups is 4. The Morgan fingerprint density at radius 1 is 0.405 bits per heavy atom. The van der Waals surface area contributed by atoms with E-state index in [2.05, 4.69) is 65.2 Å². The van der Waals surface area contributed by atoms with Gasteiger partial charge in [0.05, 0.1) is 123 Å². The lowest BCUT2D eigenvalue weighted by Gasteiger charge is -2.20. The summed E-state index contributed by atoms with van der Waals surface area (Å²) in [5.41, 5.74) is 3.40. The van der Waals surface area contributed by atoms with E-state index in [4.69, 9.17) is 18.9 Å². The monoisotopic (exact) mass is 1140 g/mol. The molecule has 16 aliphatic rings. The maximum atomic E-state index is 13.2. The minimum atomic E-state index is -0.214. The molecule has 8 saturated heterocycles. The number of ether oxygens (including phenoxy) is 4. The summed E-state index contributed by atoms with van der Waals surface area (Å²) in [7, 11) is 0. The Hall–Kier alpha value is -6.20. The van der Waals surface area contributed by atoms with Gasteiger partial charge in [-0.05, 0) is 97.3 Å². The number of benzene rings is 2. The summed E-state index contributed by atoms with van der Waals surface area (Å²) in [5.74, 6) is -0.454. The van der Waals surface area contributed by atoms with Crippen LogP contribution in [0.1, 0.15) is 101 Å². The van der Waals surface area contributed by atoms with Gasteiger partial charge >= 0.3 is 0 Å². The summed E-state index contributed by atoms with van der Waals surface area (Å²) in [6.07, 6.45) is 22.5. The number of amides is 8. The molecule has 0 N–H and O–H groups in total. The van der Waals surface area contributed by atoms with E-state index in [9.17, 15) is 38.4 Å². The molecule has 84 heavy (non-hydrogen) atoms. The van der Waals surface area contributed by atoms with Crippen LogP contribution >= 0.6 is 0 Å². The Labute approximate surface area is 492 Å². The van der Waals surface area contributed by atoms with Gasteiger partial charge in [0.25, 0.3) is 0 Å². The number of nitrogens with zero attached hydrogens (tertiary/aromatic N) is 4. The zero-order valence-corrected chi connectivity index (χ0v) is 48.8. The van der Waals surface area contributed by atoms with Crippen LogP contribution in [0.15, 0.2) is 98.1 Å². The van der Waals surface area contributed by atoms with Crippen LogP contribution in [0, 0.1) is 94.7 Å². The van der Waals surface area contributed by atoms with Crippen molar-refractivity contribution in [3.05, 3.63) is 120 Å². The van der Waals surface area contributed by atoms with Crippen molar-refractivity contribution in [2.75, 3.05) is 13.2 Å². The highest BCUT2D eigenvalue weighted by Crippen LogP contribution is 2.65. The maximum Gasteiger partial charge on any atom is 0.234 e. The van der Waals surface area contributed by atoms with Crippen LogP contribution in [0.2, 0.25) is 0 Å². The smallest absolute Gasteiger partial charge is 0.234 e. The third-order valence-electron chi connectivity index (χ3n) is 21.5. The molecule has 444 valence electrons. The van der Waals surface area contributed by atoms with E-state index >= 15 is 0 Å². The number of hydrogen-bond acceptors (Lipinski definition) is 12. The van der Waals surface area contributed by atoms with Crippen molar-refractivity contribution in [2.24, 2.45) is 94.7 Å². The number of allylic oxidation sites excluding steroid dienone is 6. The van der Waals surface area contributed by atoms with Crippen LogP contribution in [0.5, 0.6) is 0 Å². The summed E-state index contributed by atoms with van der Waals surface area (Å²) in [6.45, 7) is 18.4. The number of carbonyl (C=O) groups is 8. The molecular weight excluding hydrogens is 1060 g/mol. The lowest BCUT2D eigenvalue weighted by Crippen LogP contribution is -2.33. The topological polar surface area (TPSA) is 200 Å². The first-order valence-electron chi connectivity index (χ1n) is 31.4. The number of epoxide rings is 4. The number of rotatable bonds is 12. The van der Waals surface area contributed by atoms with E-state index < -0.39 is 0 Å². The molecule has 2 aromatic rings. The zero-order chi connectivity index (χ0) is 58.6. The first-order valence-corrected chi connectivity index (χ1v) is 31.4. The van der Waals surface area contributed by atoms with E-state index in [0.717, 1.165) is 74.0 Å². The lowest BCUT2D eigenvalue weighted by molar-refractivity contribution is -0.143. The summed E-state index contributed by atoms with van der Waals surface area (Å²) >= 11 is 0. The van der Waals surface area contributed by atoms with Crippen LogP contribution in [0.4, 0.5) is 0 Å². The molecule has 0 radical (unpaired) electrons. The molecule has 18 rings (SSSR count). The molecule has 8 heterocycles. The molecule has 2 aromatic carbocycles. The molecule has 16 nitrogen and oxygen atoms in total. The number of fused-ring (bicyclic) bond motifs is 26. The quantitative estimate of drug-likeness (QED) is 0.114. The SMILES string of the molecule is C=CCC.C=CCC.CCC1CO1.CCC1CO1.O=C1C2C3C=CC(C3)C2C(=O)N1Cc1cccc(CN2C(=O)C3C4C=CC(C4)C3C2=O)c1.O=C1C2C3CC(C4OC34)C2C(=O)N1Cc1cccc(CN2C(=O)C3C4CC(C5OC45)C3C2=O)c1. The third kappa shape index (κ3) is 9.82.